The topological polar surface area (TPSA) is 90.9 Å². The number of carbonyl (C=O) groups is 3. The van der Waals surface area contributed by atoms with Crippen LogP contribution in [0.2, 0.25) is 0 Å². The highest BCUT2D eigenvalue weighted by molar-refractivity contribution is 6.24. The summed E-state index contributed by atoms with van der Waals surface area (Å²) in [5, 5.41) is 2.97. The van der Waals surface area contributed by atoms with Gasteiger partial charge in [-0.15, -0.1) is 0 Å². The first-order chi connectivity index (χ1) is 16.9. The van der Waals surface area contributed by atoms with E-state index in [1.807, 2.05) is 42.5 Å². The fourth-order valence-electron chi connectivity index (χ4n) is 3.38. The minimum Gasteiger partial charge on any atom is -0.493 e. The molecule has 3 rings (SSSR count). The maximum atomic E-state index is 13.1. The SMILES string of the molecule is COc1cc(C=C(C(=O)NCCc2ccc(OC(C)=O)cc2)c2ccccc2)ccc1OC(C)=O. The van der Waals surface area contributed by atoms with Crippen LogP contribution in [0.15, 0.2) is 72.8 Å². The number of carbonyl (C=O) groups excluding carboxylic acids is 3. The van der Waals surface area contributed by atoms with E-state index in [4.69, 9.17) is 14.2 Å². The zero-order chi connectivity index (χ0) is 25.2. The maximum Gasteiger partial charge on any atom is 0.308 e. The molecule has 0 unspecified atom stereocenters. The van der Waals surface area contributed by atoms with E-state index in [1.165, 1.54) is 21.0 Å². The van der Waals surface area contributed by atoms with Gasteiger partial charge in [-0.3, -0.25) is 14.4 Å². The summed E-state index contributed by atoms with van der Waals surface area (Å²) in [6, 6.07) is 21.6. The van der Waals surface area contributed by atoms with Crippen LogP contribution < -0.4 is 19.5 Å². The number of amides is 1. The number of ether oxygens (including phenoxy) is 3. The molecule has 7 nitrogen and oxygen atoms in total. The van der Waals surface area contributed by atoms with Crippen molar-refractivity contribution >= 4 is 29.5 Å². The third-order valence-corrected chi connectivity index (χ3v) is 4.97. The van der Waals surface area contributed by atoms with Crippen LogP contribution in [-0.2, 0) is 20.8 Å². The highest BCUT2D eigenvalue weighted by Gasteiger charge is 2.14. The predicted molar refractivity (Wildman–Crippen MR) is 133 cm³/mol. The van der Waals surface area contributed by atoms with Crippen LogP contribution in [0.3, 0.4) is 0 Å². The molecule has 0 fully saturated rings. The Morgan fingerprint density at radius 3 is 2.14 bits per heavy atom. The first-order valence-electron chi connectivity index (χ1n) is 11.0. The third-order valence-electron chi connectivity index (χ3n) is 4.97. The van der Waals surface area contributed by atoms with Crippen molar-refractivity contribution < 1.29 is 28.6 Å². The normalized spacial score (nSPS) is 10.9. The van der Waals surface area contributed by atoms with E-state index in [9.17, 15) is 14.4 Å². The maximum absolute atomic E-state index is 13.1. The first kappa shape index (κ1) is 25.2. The van der Waals surface area contributed by atoms with Gasteiger partial charge in [0, 0.05) is 26.0 Å². The summed E-state index contributed by atoms with van der Waals surface area (Å²) >= 11 is 0. The Kier molecular flexibility index (Phi) is 8.78. The third kappa shape index (κ3) is 7.57. The van der Waals surface area contributed by atoms with Gasteiger partial charge in [-0.25, -0.2) is 0 Å². The molecule has 0 heterocycles. The number of rotatable bonds is 9. The summed E-state index contributed by atoms with van der Waals surface area (Å²) in [5.41, 5.74) is 2.96. The Morgan fingerprint density at radius 1 is 0.829 bits per heavy atom. The van der Waals surface area contributed by atoms with Crippen LogP contribution >= 0.6 is 0 Å². The van der Waals surface area contributed by atoms with E-state index in [2.05, 4.69) is 5.32 Å². The lowest BCUT2D eigenvalue weighted by atomic mass is 10.0. The highest BCUT2D eigenvalue weighted by Crippen LogP contribution is 2.30. The standard InChI is InChI=1S/C28H27NO6/c1-19(30)34-24-12-9-21(10-13-24)15-16-29-28(32)25(23-7-5-4-6-8-23)17-22-11-14-26(35-20(2)31)27(18-22)33-3/h4-14,17-18H,15-16H2,1-3H3,(H,29,32). The summed E-state index contributed by atoms with van der Waals surface area (Å²) in [6.45, 7) is 3.09. The van der Waals surface area contributed by atoms with Gasteiger partial charge in [0.15, 0.2) is 11.5 Å². The summed E-state index contributed by atoms with van der Waals surface area (Å²) in [7, 11) is 1.49. The number of methoxy groups -OCH3 is 1. The van der Waals surface area contributed by atoms with Crippen LogP contribution in [0.25, 0.3) is 11.6 Å². The molecule has 3 aromatic rings. The predicted octanol–water partition coefficient (Wildman–Crippen LogP) is 4.45. The lowest BCUT2D eigenvalue weighted by Crippen LogP contribution is -2.26. The molecule has 0 aliphatic carbocycles. The molecule has 0 saturated heterocycles. The Morgan fingerprint density at radius 2 is 1.51 bits per heavy atom. The molecule has 35 heavy (non-hydrogen) atoms. The minimum atomic E-state index is -0.447. The second kappa shape index (κ2) is 12.2. The van der Waals surface area contributed by atoms with Crippen molar-refractivity contribution in [1.82, 2.24) is 5.32 Å². The molecule has 0 aliphatic heterocycles. The van der Waals surface area contributed by atoms with E-state index >= 15 is 0 Å². The van der Waals surface area contributed by atoms with Gasteiger partial charge < -0.3 is 19.5 Å². The fraction of sp³-hybridized carbons (Fsp3) is 0.179. The zero-order valence-electron chi connectivity index (χ0n) is 19.9. The van der Waals surface area contributed by atoms with Gasteiger partial charge in [0.25, 0.3) is 5.91 Å². The summed E-state index contributed by atoms with van der Waals surface area (Å²) < 4.78 is 15.5. The molecule has 180 valence electrons. The van der Waals surface area contributed by atoms with Gasteiger partial charge in [-0.1, -0.05) is 48.5 Å². The summed E-state index contributed by atoms with van der Waals surface area (Å²) in [5.74, 6) is 0.132. The van der Waals surface area contributed by atoms with Gasteiger partial charge >= 0.3 is 11.9 Å². The highest BCUT2D eigenvalue weighted by atomic mass is 16.6. The van der Waals surface area contributed by atoms with Crippen molar-refractivity contribution in [3.05, 3.63) is 89.5 Å². The second-order valence-corrected chi connectivity index (χ2v) is 7.67. The van der Waals surface area contributed by atoms with Crippen LogP contribution in [0.4, 0.5) is 0 Å². The number of benzene rings is 3. The zero-order valence-corrected chi connectivity index (χ0v) is 19.9. The van der Waals surface area contributed by atoms with Crippen molar-refractivity contribution in [2.75, 3.05) is 13.7 Å². The lowest BCUT2D eigenvalue weighted by molar-refractivity contribution is -0.132. The number of hydrogen-bond donors (Lipinski definition) is 1. The van der Waals surface area contributed by atoms with Crippen LogP contribution in [0.5, 0.6) is 17.2 Å². The van der Waals surface area contributed by atoms with E-state index in [0.717, 1.165) is 11.1 Å². The molecular weight excluding hydrogens is 446 g/mol. The Labute approximate surface area is 204 Å². The number of esters is 2. The van der Waals surface area contributed by atoms with Crippen LogP contribution in [0, 0.1) is 0 Å². The molecule has 1 amide bonds. The Hall–Kier alpha value is -4.39. The van der Waals surface area contributed by atoms with Gasteiger partial charge in [0.1, 0.15) is 5.75 Å². The smallest absolute Gasteiger partial charge is 0.308 e. The molecular formula is C28H27NO6. The number of hydrogen-bond acceptors (Lipinski definition) is 6. The van der Waals surface area contributed by atoms with Gasteiger partial charge in [-0.05, 0) is 53.5 Å². The summed E-state index contributed by atoms with van der Waals surface area (Å²) in [6.07, 6.45) is 2.37. The Bertz CT molecular complexity index is 1220. The largest absolute Gasteiger partial charge is 0.493 e. The van der Waals surface area contributed by atoms with Crippen molar-refractivity contribution in [3.63, 3.8) is 0 Å². The van der Waals surface area contributed by atoms with Gasteiger partial charge in [0.05, 0.1) is 7.11 Å². The van der Waals surface area contributed by atoms with Gasteiger partial charge in [0.2, 0.25) is 0 Å². The summed E-state index contributed by atoms with van der Waals surface area (Å²) in [4.78, 5) is 35.5. The molecule has 0 bridgehead atoms. The molecule has 0 spiro atoms. The molecule has 0 saturated carbocycles. The van der Waals surface area contributed by atoms with Gasteiger partial charge in [-0.2, -0.15) is 0 Å². The van der Waals surface area contributed by atoms with E-state index in [1.54, 1.807) is 36.4 Å². The fourth-order valence-corrected chi connectivity index (χ4v) is 3.38. The number of nitrogens with one attached hydrogen (secondary N) is 1. The molecule has 0 aliphatic rings. The van der Waals surface area contributed by atoms with Crippen molar-refractivity contribution in [2.24, 2.45) is 0 Å². The Balaban J connectivity index is 1.76. The van der Waals surface area contributed by atoms with E-state index in [0.29, 0.717) is 41.4 Å². The van der Waals surface area contributed by atoms with Crippen molar-refractivity contribution in [1.29, 1.82) is 0 Å². The van der Waals surface area contributed by atoms with E-state index < -0.39 is 5.97 Å². The molecule has 0 radical (unpaired) electrons. The van der Waals surface area contributed by atoms with Crippen LogP contribution in [-0.4, -0.2) is 31.5 Å². The second-order valence-electron chi connectivity index (χ2n) is 7.67. The molecule has 0 aromatic heterocycles. The van der Waals surface area contributed by atoms with E-state index in [-0.39, 0.29) is 11.9 Å². The molecule has 3 aromatic carbocycles. The molecule has 1 N–H and O–H groups in total. The van der Waals surface area contributed by atoms with Crippen LogP contribution in [0.1, 0.15) is 30.5 Å². The average Bonchev–Trinajstić information content (AvgIpc) is 2.84. The quantitative estimate of drug-likeness (QED) is 0.214. The van der Waals surface area contributed by atoms with Crippen molar-refractivity contribution in [3.8, 4) is 17.2 Å². The molecule has 0 atom stereocenters. The average molecular weight is 474 g/mol. The first-order valence-corrected chi connectivity index (χ1v) is 11.0. The minimum absolute atomic E-state index is 0.226. The molecule has 7 heteroatoms. The van der Waals surface area contributed by atoms with Crippen molar-refractivity contribution in [2.45, 2.75) is 20.3 Å². The lowest BCUT2D eigenvalue weighted by Gasteiger charge is -2.12. The monoisotopic (exact) mass is 473 g/mol.